The number of carbonyl (C=O) groups excluding carboxylic acids is 1. The fourth-order valence-electron chi connectivity index (χ4n) is 2.01. The first-order chi connectivity index (χ1) is 8.56. The maximum absolute atomic E-state index is 11.9. The third kappa shape index (κ3) is 2.86. The lowest BCUT2D eigenvalue weighted by molar-refractivity contribution is -0.137. The van der Waals surface area contributed by atoms with Crippen molar-refractivity contribution >= 4 is 11.9 Å². The number of carboxylic acids is 1. The first-order valence-electron chi connectivity index (χ1n) is 5.83. The zero-order valence-corrected chi connectivity index (χ0v) is 10.1. The number of nitrogens with one attached hydrogen (secondary N) is 3. The van der Waals surface area contributed by atoms with Crippen LogP contribution in [0, 0.1) is 0 Å². The number of aromatic amines is 1. The molecule has 1 aromatic heterocycles. The third-order valence-electron chi connectivity index (χ3n) is 2.92. The maximum atomic E-state index is 11.9. The molecule has 0 radical (unpaired) electrons. The van der Waals surface area contributed by atoms with Gasteiger partial charge in [0.1, 0.15) is 0 Å². The number of aromatic nitrogens is 2. The SMILES string of the molecule is CC(CC(=O)O)NC(=O)C1Cc2nc[nH]c2CN1. The molecule has 2 heterocycles. The average molecular weight is 252 g/mol. The molecule has 18 heavy (non-hydrogen) atoms. The summed E-state index contributed by atoms with van der Waals surface area (Å²) < 4.78 is 0. The van der Waals surface area contributed by atoms with Crippen LogP contribution in [0.25, 0.3) is 0 Å². The van der Waals surface area contributed by atoms with Crippen LogP contribution in [0.1, 0.15) is 24.7 Å². The lowest BCUT2D eigenvalue weighted by Gasteiger charge is -2.23. The van der Waals surface area contributed by atoms with Crippen molar-refractivity contribution in [3.05, 3.63) is 17.7 Å². The van der Waals surface area contributed by atoms with Gasteiger partial charge in [0.15, 0.2) is 0 Å². The second-order valence-electron chi connectivity index (χ2n) is 4.47. The summed E-state index contributed by atoms with van der Waals surface area (Å²) in [6.07, 6.45) is 2.05. The Labute approximate surface area is 104 Å². The zero-order valence-electron chi connectivity index (χ0n) is 10.1. The first kappa shape index (κ1) is 12.6. The third-order valence-corrected chi connectivity index (χ3v) is 2.92. The molecular weight excluding hydrogens is 236 g/mol. The van der Waals surface area contributed by atoms with E-state index in [2.05, 4.69) is 20.6 Å². The molecule has 7 heteroatoms. The molecule has 2 unspecified atom stereocenters. The number of hydrogen-bond acceptors (Lipinski definition) is 4. The smallest absolute Gasteiger partial charge is 0.305 e. The van der Waals surface area contributed by atoms with Crippen LogP contribution >= 0.6 is 0 Å². The van der Waals surface area contributed by atoms with Crippen LogP contribution in [0.4, 0.5) is 0 Å². The van der Waals surface area contributed by atoms with E-state index in [4.69, 9.17) is 5.11 Å². The molecule has 0 saturated carbocycles. The zero-order chi connectivity index (χ0) is 13.1. The Morgan fingerprint density at radius 1 is 1.67 bits per heavy atom. The summed E-state index contributed by atoms with van der Waals surface area (Å²) in [6, 6.07) is -0.727. The number of fused-ring (bicyclic) bond motifs is 1. The standard InChI is InChI=1S/C11H16N4O3/c1-6(2-10(16)17)15-11(18)8-3-7-9(4-12-8)14-5-13-7/h5-6,8,12H,2-4H2,1H3,(H,13,14)(H,15,18)(H,16,17). The van der Waals surface area contributed by atoms with E-state index in [9.17, 15) is 9.59 Å². The number of nitrogens with zero attached hydrogens (tertiary/aromatic N) is 1. The van der Waals surface area contributed by atoms with Crippen molar-refractivity contribution in [2.75, 3.05) is 0 Å². The van der Waals surface area contributed by atoms with Crippen LogP contribution < -0.4 is 10.6 Å². The Hall–Kier alpha value is -1.89. The van der Waals surface area contributed by atoms with Gasteiger partial charge in [-0.1, -0.05) is 0 Å². The van der Waals surface area contributed by atoms with Gasteiger partial charge in [-0.05, 0) is 6.92 Å². The summed E-state index contributed by atoms with van der Waals surface area (Å²) in [5.41, 5.74) is 1.89. The summed E-state index contributed by atoms with van der Waals surface area (Å²) in [6.45, 7) is 2.25. The van der Waals surface area contributed by atoms with Gasteiger partial charge in [0.25, 0.3) is 0 Å². The van der Waals surface area contributed by atoms with E-state index in [1.807, 2.05) is 0 Å². The van der Waals surface area contributed by atoms with Crippen molar-refractivity contribution in [3.63, 3.8) is 0 Å². The Balaban J connectivity index is 1.89. The lowest BCUT2D eigenvalue weighted by atomic mass is 10.0. The van der Waals surface area contributed by atoms with Gasteiger partial charge in [-0.3, -0.25) is 14.9 Å². The molecule has 2 rings (SSSR count). The lowest BCUT2D eigenvalue weighted by Crippen LogP contribution is -2.50. The van der Waals surface area contributed by atoms with E-state index < -0.39 is 5.97 Å². The minimum atomic E-state index is -0.922. The molecule has 1 amide bonds. The highest BCUT2D eigenvalue weighted by Gasteiger charge is 2.26. The summed E-state index contributed by atoms with van der Waals surface area (Å²) in [4.78, 5) is 29.6. The van der Waals surface area contributed by atoms with E-state index in [0.29, 0.717) is 13.0 Å². The minimum Gasteiger partial charge on any atom is -0.481 e. The Kier molecular flexibility index (Phi) is 3.61. The van der Waals surface area contributed by atoms with Crippen LogP contribution in [-0.4, -0.2) is 39.0 Å². The van der Waals surface area contributed by atoms with Gasteiger partial charge < -0.3 is 15.4 Å². The predicted octanol–water partition coefficient (Wildman–Crippen LogP) is -0.597. The van der Waals surface area contributed by atoms with Gasteiger partial charge in [-0.15, -0.1) is 0 Å². The van der Waals surface area contributed by atoms with Gasteiger partial charge in [0, 0.05) is 19.0 Å². The molecule has 7 nitrogen and oxygen atoms in total. The summed E-state index contributed by atoms with van der Waals surface area (Å²) in [7, 11) is 0. The normalized spacial score (nSPS) is 19.9. The van der Waals surface area contributed by atoms with Crippen LogP contribution in [0.2, 0.25) is 0 Å². The molecule has 0 aliphatic carbocycles. The second-order valence-corrected chi connectivity index (χ2v) is 4.47. The molecule has 1 aliphatic heterocycles. The highest BCUT2D eigenvalue weighted by molar-refractivity contribution is 5.83. The molecule has 0 bridgehead atoms. The van der Waals surface area contributed by atoms with Crippen molar-refractivity contribution in [2.24, 2.45) is 0 Å². The fourth-order valence-corrected chi connectivity index (χ4v) is 2.01. The maximum Gasteiger partial charge on any atom is 0.305 e. The number of carboxylic acid groups (broad SMARTS) is 1. The van der Waals surface area contributed by atoms with E-state index in [1.54, 1.807) is 13.3 Å². The predicted molar refractivity (Wildman–Crippen MR) is 62.8 cm³/mol. The number of hydrogen-bond donors (Lipinski definition) is 4. The molecule has 2 atom stereocenters. The Morgan fingerprint density at radius 3 is 3.17 bits per heavy atom. The first-order valence-corrected chi connectivity index (χ1v) is 5.83. The Bertz CT molecular complexity index is 457. The summed E-state index contributed by atoms with van der Waals surface area (Å²) in [5, 5.41) is 14.4. The molecular formula is C11H16N4O3. The van der Waals surface area contributed by atoms with E-state index in [0.717, 1.165) is 11.4 Å². The number of aliphatic carboxylic acids is 1. The molecule has 0 fully saturated rings. The molecule has 1 aromatic rings. The van der Waals surface area contributed by atoms with Crippen molar-refractivity contribution < 1.29 is 14.7 Å². The highest BCUT2D eigenvalue weighted by atomic mass is 16.4. The number of H-pyrrole nitrogens is 1. The molecule has 98 valence electrons. The van der Waals surface area contributed by atoms with Crippen molar-refractivity contribution in [1.82, 2.24) is 20.6 Å². The van der Waals surface area contributed by atoms with Gasteiger partial charge in [0.05, 0.1) is 30.2 Å². The minimum absolute atomic E-state index is 0.0773. The monoisotopic (exact) mass is 252 g/mol. The van der Waals surface area contributed by atoms with Crippen molar-refractivity contribution in [2.45, 2.75) is 38.4 Å². The van der Waals surface area contributed by atoms with E-state index in [1.165, 1.54) is 0 Å². The van der Waals surface area contributed by atoms with Crippen LogP contribution in [-0.2, 0) is 22.6 Å². The number of imidazole rings is 1. The molecule has 1 aliphatic rings. The molecule has 4 N–H and O–H groups in total. The van der Waals surface area contributed by atoms with Crippen molar-refractivity contribution in [3.8, 4) is 0 Å². The fraction of sp³-hybridized carbons (Fsp3) is 0.545. The van der Waals surface area contributed by atoms with Crippen LogP contribution in [0.15, 0.2) is 6.33 Å². The van der Waals surface area contributed by atoms with Crippen molar-refractivity contribution in [1.29, 1.82) is 0 Å². The van der Waals surface area contributed by atoms with Crippen LogP contribution in [0.5, 0.6) is 0 Å². The van der Waals surface area contributed by atoms with E-state index >= 15 is 0 Å². The van der Waals surface area contributed by atoms with E-state index in [-0.39, 0.29) is 24.4 Å². The topological polar surface area (TPSA) is 107 Å². The van der Waals surface area contributed by atoms with Gasteiger partial charge >= 0.3 is 5.97 Å². The number of amides is 1. The average Bonchev–Trinajstić information content (AvgIpc) is 2.74. The second kappa shape index (κ2) is 5.18. The number of carbonyl (C=O) groups is 2. The Morgan fingerprint density at radius 2 is 2.44 bits per heavy atom. The quantitative estimate of drug-likeness (QED) is 0.572. The summed E-state index contributed by atoms with van der Waals surface area (Å²) in [5.74, 6) is -1.11. The van der Waals surface area contributed by atoms with Gasteiger partial charge in [-0.2, -0.15) is 0 Å². The van der Waals surface area contributed by atoms with Gasteiger partial charge in [0.2, 0.25) is 5.91 Å². The molecule has 0 spiro atoms. The number of rotatable bonds is 4. The highest BCUT2D eigenvalue weighted by Crippen LogP contribution is 2.12. The largest absolute Gasteiger partial charge is 0.481 e. The van der Waals surface area contributed by atoms with Gasteiger partial charge in [-0.25, -0.2) is 4.98 Å². The summed E-state index contributed by atoms with van der Waals surface area (Å²) >= 11 is 0. The molecule has 0 aromatic carbocycles. The van der Waals surface area contributed by atoms with Crippen LogP contribution in [0.3, 0.4) is 0 Å². The molecule has 0 saturated heterocycles.